The summed E-state index contributed by atoms with van der Waals surface area (Å²) in [7, 11) is 1.78. The van der Waals surface area contributed by atoms with Crippen molar-refractivity contribution in [3.8, 4) is 5.69 Å². The number of guanidine groups is 1. The predicted molar refractivity (Wildman–Crippen MR) is 142 cm³/mol. The van der Waals surface area contributed by atoms with Crippen LogP contribution in [-0.2, 0) is 24.3 Å². The second-order valence-electron chi connectivity index (χ2n) is 7.95. The van der Waals surface area contributed by atoms with Crippen LogP contribution in [0.5, 0.6) is 0 Å². The van der Waals surface area contributed by atoms with Crippen molar-refractivity contribution < 1.29 is 4.79 Å². The Hall–Kier alpha value is -2.88. The van der Waals surface area contributed by atoms with Crippen molar-refractivity contribution in [1.29, 1.82) is 0 Å². The minimum atomic E-state index is 0. The largest absolute Gasteiger partial charge is 0.356 e. The lowest BCUT2D eigenvalue weighted by molar-refractivity contribution is -0.128. The first-order valence-corrected chi connectivity index (χ1v) is 11.1. The van der Waals surface area contributed by atoms with Crippen LogP contribution in [0.1, 0.15) is 29.5 Å². The molecule has 0 radical (unpaired) electrons. The second kappa shape index (κ2) is 12.4. The van der Waals surface area contributed by atoms with Gasteiger partial charge in [-0.1, -0.05) is 36.4 Å². The maximum atomic E-state index is 11.8. The molecule has 33 heavy (non-hydrogen) atoms. The Kier molecular flexibility index (Phi) is 9.29. The van der Waals surface area contributed by atoms with Gasteiger partial charge in [-0.05, 0) is 47.7 Å². The standard InChI is InChI=1S/C25H30N6O.HI/c1-26-25(27-15-13-20-9-11-23(12-10-20)31-17-3-14-29-31)28-18-21-5-7-22(8-6-21)19-30-16-2-4-24(30)32;/h3,5-12,14,17H,2,4,13,15-16,18-19H2,1H3,(H2,26,27,28);1H. The lowest BCUT2D eigenvalue weighted by atomic mass is 10.1. The van der Waals surface area contributed by atoms with E-state index in [2.05, 4.69) is 69.3 Å². The van der Waals surface area contributed by atoms with Crippen LogP contribution in [0.2, 0.25) is 0 Å². The number of hydrogen-bond donors (Lipinski definition) is 2. The number of halogens is 1. The molecule has 2 N–H and O–H groups in total. The van der Waals surface area contributed by atoms with E-state index < -0.39 is 0 Å². The molecule has 174 valence electrons. The maximum absolute atomic E-state index is 11.8. The molecule has 0 bridgehead atoms. The highest BCUT2D eigenvalue weighted by molar-refractivity contribution is 14.0. The van der Waals surface area contributed by atoms with Crippen molar-refractivity contribution in [3.63, 3.8) is 0 Å². The zero-order valence-corrected chi connectivity index (χ0v) is 21.2. The van der Waals surface area contributed by atoms with Crippen molar-refractivity contribution in [2.45, 2.75) is 32.4 Å². The fourth-order valence-corrected chi connectivity index (χ4v) is 3.82. The molecule has 2 heterocycles. The van der Waals surface area contributed by atoms with Gasteiger partial charge in [0.1, 0.15) is 0 Å². The number of aliphatic imine (C=N–C) groups is 1. The summed E-state index contributed by atoms with van der Waals surface area (Å²) in [6.45, 7) is 3.07. The molecule has 1 saturated heterocycles. The number of hydrogen-bond acceptors (Lipinski definition) is 3. The van der Waals surface area contributed by atoms with Crippen LogP contribution in [0.3, 0.4) is 0 Å². The van der Waals surface area contributed by atoms with E-state index in [1.54, 1.807) is 13.2 Å². The summed E-state index contributed by atoms with van der Waals surface area (Å²) >= 11 is 0. The van der Waals surface area contributed by atoms with Crippen molar-refractivity contribution in [1.82, 2.24) is 25.3 Å². The Morgan fingerprint density at radius 2 is 1.76 bits per heavy atom. The first-order valence-electron chi connectivity index (χ1n) is 11.1. The summed E-state index contributed by atoms with van der Waals surface area (Å²) in [6.07, 6.45) is 6.29. The lowest BCUT2D eigenvalue weighted by Gasteiger charge is -2.16. The van der Waals surface area contributed by atoms with Crippen LogP contribution in [0, 0.1) is 0 Å². The fourth-order valence-electron chi connectivity index (χ4n) is 3.82. The summed E-state index contributed by atoms with van der Waals surface area (Å²) < 4.78 is 1.85. The second-order valence-corrected chi connectivity index (χ2v) is 7.95. The van der Waals surface area contributed by atoms with Crippen LogP contribution in [0.15, 0.2) is 72.0 Å². The molecule has 3 aromatic rings. The molecule has 1 aliphatic rings. The number of nitrogens with zero attached hydrogens (tertiary/aromatic N) is 4. The molecule has 2 aromatic carbocycles. The van der Waals surface area contributed by atoms with Crippen molar-refractivity contribution in [2.24, 2.45) is 4.99 Å². The number of rotatable bonds is 8. The number of likely N-dealkylation sites (tertiary alicyclic amines) is 1. The molecule has 1 fully saturated rings. The van der Waals surface area contributed by atoms with E-state index in [0.717, 1.165) is 37.6 Å². The summed E-state index contributed by atoms with van der Waals surface area (Å²) in [4.78, 5) is 18.0. The van der Waals surface area contributed by atoms with Gasteiger partial charge < -0.3 is 15.5 Å². The van der Waals surface area contributed by atoms with E-state index in [4.69, 9.17) is 0 Å². The molecule has 7 nitrogen and oxygen atoms in total. The summed E-state index contributed by atoms with van der Waals surface area (Å²) in [5.74, 6) is 1.05. The van der Waals surface area contributed by atoms with Gasteiger partial charge in [-0.15, -0.1) is 24.0 Å². The van der Waals surface area contributed by atoms with Crippen LogP contribution < -0.4 is 10.6 Å². The van der Waals surface area contributed by atoms with E-state index in [-0.39, 0.29) is 29.9 Å². The summed E-state index contributed by atoms with van der Waals surface area (Å²) in [6, 6.07) is 18.8. The maximum Gasteiger partial charge on any atom is 0.222 e. The Balaban J connectivity index is 0.00000306. The van der Waals surface area contributed by atoms with Crippen molar-refractivity contribution >= 4 is 35.8 Å². The average molecular weight is 558 g/mol. The summed E-state index contributed by atoms with van der Waals surface area (Å²) in [5.41, 5.74) is 4.67. The highest BCUT2D eigenvalue weighted by Gasteiger charge is 2.19. The SMILES string of the molecule is CN=C(NCCc1ccc(-n2cccn2)cc1)NCc1ccc(CN2CCCC2=O)cc1.I. The molecule has 0 aliphatic carbocycles. The fraction of sp³-hybridized carbons (Fsp3) is 0.320. The smallest absolute Gasteiger partial charge is 0.222 e. The van der Waals surface area contributed by atoms with Gasteiger partial charge in [0.15, 0.2) is 5.96 Å². The van der Waals surface area contributed by atoms with E-state index >= 15 is 0 Å². The molecule has 1 aliphatic heterocycles. The molecule has 0 saturated carbocycles. The van der Waals surface area contributed by atoms with E-state index in [1.165, 1.54) is 16.7 Å². The minimum absolute atomic E-state index is 0. The van der Waals surface area contributed by atoms with Gasteiger partial charge in [-0.25, -0.2) is 4.68 Å². The number of nitrogens with one attached hydrogen (secondary N) is 2. The average Bonchev–Trinajstić information content (AvgIpc) is 3.50. The normalized spacial score (nSPS) is 13.7. The first kappa shape index (κ1) is 24.8. The van der Waals surface area contributed by atoms with E-state index in [9.17, 15) is 4.79 Å². The van der Waals surface area contributed by atoms with Gasteiger partial charge in [0.2, 0.25) is 5.91 Å². The molecule has 1 amide bonds. The highest BCUT2D eigenvalue weighted by atomic mass is 127. The zero-order chi connectivity index (χ0) is 22.2. The molecular weight excluding hydrogens is 527 g/mol. The molecule has 0 spiro atoms. The Morgan fingerprint density at radius 3 is 2.39 bits per heavy atom. The Labute approximate surface area is 212 Å². The third-order valence-electron chi connectivity index (χ3n) is 5.66. The van der Waals surface area contributed by atoms with Crippen molar-refractivity contribution in [2.75, 3.05) is 20.1 Å². The van der Waals surface area contributed by atoms with Gasteiger partial charge in [-0.3, -0.25) is 9.79 Å². The molecule has 0 unspecified atom stereocenters. The number of carbonyl (C=O) groups is 1. The van der Waals surface area contributed by atoms with Crippen LogP contribution in [0.25, 0.3) is 5.69 Å². The number of aromatic nitrogens is 2. The Bertz CT molecular complexity index is 1030. The third kappa shape index (κ3) is 7.05. The highest BCUT2D eigenvalue weighted by Crippen LogP contribution is 2.15. The van der Waals surface area contributed by atoms with Gasteiger partial charge in [0.25, 0.3) is 0 Å². The van der Waals surface area contributed by atoms with Gasteiger partial charge in [-0.2, -0.15) is 5.10 Å². The van der Waals surface area contributed by atoms with Crippen LogP contribution >= 0.6 is 24.0 Å². The Morgan fingerprint density at radius 1 is 1.03 bits per heavy atom. The van der Waals surface area contributed by atoms with Gasteiger partial charge >= 0.3 is 0 Å². The van der Waals surface area contributed by atoms with Crippen LogP contribution in [0.4, 0.5) is 0 Å². The first-order chi connectivity index (χ1) is 15.7. The van der Waals surface area contributed by atoms with Gasteiger partial charge in [0, 0.05) is 52.0 Å². The van der Waals surface area contributed by atoms with E-state index in [0.29, 0.717) is 19.5 Å². The minimum Gasteiger partial charge on any atom is -0.356 e. The third-order valence-corrected chi connectivity index (χ3v) is 5.66. The molecule has 4 rings (SSSR count). The number of benzene rings is 2. The monoisotopic (exact) mass is 558 g/mol. The zero-order valence-electron chi connectivity index (χ0n) is 18.9. The number of amides is 1. The molecule has 1 aromatic heterocycles. The molecule has 8 heteroatoms. The molecular formula is C25H31IN6O. The number of carbonyl (C=O) groups excluding carboxylic acids is 1. The summed E-state index contributed by atoms with van der Waals surface area (Å²) in [5, 5.41) is 11.0. The quantitative estimate of drug-likeness (QED) is 0.252. The lowest BCUT2D eigenvalue weighted by Crippen LogP contribution is -2.37. The van der Waals surface area contributed by atoms with Crippen molar-refractivity contribution in [3.05, 3.63) is 83.7 Å². The van der Waals surface area contributed by atoms with E-state index in [1.807, 2.05) is 21.8 Å². The topological polar surface area (TPSA) is 74.6 Å². The van der Waals surface area contributed by atoms with Gasteiger partial charge in [0.05, 0.1) is 5.69 Å². The molecule has 0 atom stereocenters. The van der Waals surface area contributed by atoms with Crippen LogP contribution in [-0.4, -0.2) is 46.7 Å². The predicted octanol–water partition coefficient (Wildman–Crippen LogP) is 3.52.